The summed E-state index contributed by atoms with van der Waals surface area (Å²) in [5, 5.41) is 9.33. The first-order valence-electron chi connectivity index (χ1n) is 5.43. The number of benzene rings is 1. The summed E-state index contributed by atoms with van der Waals surface area (Å²) >= 11 is 11.8. The van der Waals surface area contributed by atoms with Crippen molar-refractivity contribution in [3.8, 4) is 0 Å². The minimum absolute atomic E-state index is 0.0409. The van der Waals surface area contributed by atoms with E-state index in [2.05, 4.69) is 4.72 Å². The van der Waals surface area contributed by atoms with Crippen LogP contribution in [0.25, 0.3) is 0 Å². The van der Waals surface area contributed by atoms with Crippen molar-refractivity contribution in [1.29, 1.82) is 0 Å². The van der Waals surface area contributed by atoms with E-state index in [0.29, 0.717) is 6.42 Å². The Labute approximate surface area is 117 Å². The Kier molecular flexibility index (Phi) is 5.43. The molecular weight excluding hydrogens is 297 g/mol. The molecule has 0 radical (unpaired) electrons. The maximum absolute atomic E-state index is 12.1. The van der Waals surface area contributed by atoms with E-state index in [1.807, 2.05) is 6.92 Å². The Morgan fingerprint density at radius 2 is 2.00 bits per heavy atom. The van der Waals surface area contributed by atoms with Gasteiger partial charge in [0.25, 0.3) is 0 Å². The van der Waals surface area contributed by atoms with E-state index < -0.39 is 16.6 Å². The normalized spacial score (nSPS) is 13.6. The molecule has 7 heteroatoms. The maximum Gasteiger partial charge on any atom is 0.242 e. The van der Waals surface area contributed by atoms with Crippen LogP contribution in [0, 0.1) is 0 Å². The van der Waals surface area contributed by atoms with Crippen LogP contribution in [0.15, 0.2) is 17.0 Å². The lowest BCUT2D eigenvalue weighted by Gasteiger charge is -2.14. The van der Waals surface area contributed by atoms with Crippen LogP contribution < -0.4 is 4.72 Å². The van der Waals surface area contributed by atoms with Gasteiger partial charge in [-0.15, -0.1) is 0 Å². The van der Waals surface area contributed by atoms with Gasteiger partial charge in [0.2, 0.25) is 10.0 Å². The molecule has 1 atom stereocenters. The number of sulfonamides is 1. The second-order valence-corrected chi connectivity index (χ2v) is 6.39. The average Bonchev–Trinajstić information content (AvgIpc) is 2.28. The van der Waals surface area contributed by atoms with Crippen molar-refractivity contribution in [2.75, 3.05) is 0 Å². The Morgan fingerprint density at radius 3 is 2.50 bits per heavy atom. The molecule has 0 fully saturated rings. The SMILES string of the molecule is CCC(C)NS(=O)(=O)c1ccc(Cl)c(CO)c1Cl. The van der Waals surface area contributed by atoms with Gasteiger partial charge in [0.1, 0.15) is 4.90 Å². The zero-order chi connectivity index (χ0) is 13.9. The third-order valence-electron chi connectivity index (χ3n) is 2.57. The second-order valence-electron chi connectivity index (χ2n) is 3.93. The van der Waals surface area contributed by atoms with Crippen molar-refractivity contribution in [2.45, 2.75) is 37.8 Å². The highest BCUT2D eigenvalue weighted by Gasteiger charge is 2.22. The second kappa shape index (κ2) is 6.21. The summed E-state index contributed by atoms with van der Waals surface area (Å²) < 4.78 is 26.7. The van der Waals surface area contributed by atoms with Crippen LogP contribution in [-0.4, -0.2) is 19.6 Å². The molecule has 2 N–H and O–H groups in total. The molecular formula is C11H15Cl2NO3S. The molecule has 0 heterocycles. The zero-order valence-electron chi connectivity index (χ0n) is 10.1. The first kappa shape index (κ1) is 15.7. The van der Waals surface area contributed by atoms with Crippen LogP contribution in [0.5, 0.6) is 0 Å². The fraction of sp³-hybridized carbons (Fsp3) is 0.455. The van der Waals surface area contributed by atoms with Gasteiger partial charge >= 0.3 is 0 Å². The van der Waals surface area contributed by atoms with Crippen molar-refractivity contribution >= 4 is 33.2 Å². The van der Waals surface area contributed by atoms with Crippen LogP contribution >= 0.6 is 23.2 Å². The van der Waals surface area contributed by atoms with Gasteiger partial charge in [0.15, 0.2) is 0 Å². The highest BCUT2D eigenvalue weighted by molar-refractivity contribution is 7.89. The van der Waals surface area contributed by atoms with Crippen LogP contribution in [0.1, 0.15) is 25.8 Å². The first-order valence-corrected chi connectivity index (χ1v) is 7.67. The molecule has 0 aliphatic heterocycles. The van der Waals surface area contributed by atoms with Gasteiger partial charge in [-0.3, -0.25) is 0 Å². The molecule has 1 aromatic carbocycles. The molecule has 0 saturated heterocycles. The summed E-state index contributed by atoms with van der Waals surface area (Å²) in [5.74, 6) is 0. The number of aliphatic hydroxyl groups is 1. The molecule has 1 aromatic rings. The molecule has 1 unspecified atom stereocenters. The molecule has 1 rings (SSSR count). The lowest BCUT2D eigenvalue weighted by Crippen LogP contribution is -2.32. The Balaban J connectivity index is 3.26. The Hall–Kier alpha value is -0.330. The highest BCUT2D eigenvalue weighted by atomic mass is 35.5. The van der Waals surface area contributed by atoms with Crippen molar-refractivity contribution in [3.05, 3.63) is 27.7 Å². The number of aliphatic hydroxyl groups excluding tert-OH is 1. The molecule has 0 saturated carbocycles. The average molecular weight is 312 g/mol. The third-order valence-corrected chi connectivity index (χ3v) is 5.10. The van der Waals surface area contributed by atoms with Gasteiger partial charge in [-0.2, -0.15) is 0 Å². The largest absolute Gasteiger partial charge is 0.392 e. The molecule has 0 bridgehead atoms. The summed E-state index contributed by atoms with van der Waals surface area (Å²) in [5.41, 5.74) is 0.213. The van der Waals surface area contributed by atoms with Crippen molar-refractivity contribution in [2.24, 2.45) is 0 Å². The molecule has 0 aliphatic rings. The Morgan fingerprint density at radius 1 is 1.39 bits per heavy atom. The van der Waals surface area contributed by atoms with E-state index in [9.17, 15) is 8.42 Å². The lowest BCUT2D eigenvalue weighted by atomic mass is 10.2. The predicted octanol–water partition coefficient (Wildman–Crippen LogP) is 2.56. The van der Waals surface area contributed by atoms with E-state index >= 15 is 0 Å². The van der Waals surface area contributed by atoms with Crippen LogP contribution in [0.4, 0.5) is 0 Å². The number of halogens is 2. The van der Waals surface area contributed by atoms with Gasteiger partial charge in [-0.05, 0) is 25.5 Å². The van der Waals surface area contributed by atoms with Gasteiger partial charge in [-0.1, -0.05) is 30.1 Å². The zero-order valence-corrected chi connectivity index (χ0v) is 12.4. The van der Waals surface area contributed by atoms with Crippen LogP contribution in [0.3, 0.4) is 0 Å². The quantitative estimate of drug-likeness (QED) is 0.878. The summed E-state index contributed by atoms with van der Waals surface area (Å²) in [6.07, 6.45) is 0.664. The molecule has 0 spiro atoms. The Bertz CT molecular complexity index is 531. The fourth-order valence-electron chi connectivity index (χ4n) is 1.34. The molecule has 102 valence electrons. The molecule has 4 nitrogen and oxygen atoms in total. The van der Waals surface area contributed by atoms with E-state index in [1.54, 1.807) is 6.92 Å². The molecule has 0 amide bonds. The van der Waals surface area contributed by atoms with Gasteiger partial charge < -0.3 is 5.11 Å². The number of hydrogen-bond donors (Lipinski definition) is 2. The topological polar surface area (TPSA) is 66.4 Å². The molecule has 0 aliphatic carbocycles. The van der Waals surface area contributed by atoms with Crippen LogP contribution in [-0.2, 0) is 16.6 Å². The van der Waals surface area contributed by atoms with Crippen molar-refractivity contribution < 1.29 is 13.5 Å². The molecule has 0 aromatic heterocycles. The van der Waals surface area contributed by atoms with E-state index in [1.165, 1.54) is 12.1 Å². The smallest absolute Gasteiger partial charge is 0.242 e. The number of rotatable bonds is 5. The fourth-order valence-corrected chi connectivity index (χ4v) is 3.56. The first-order chi connectivity index (χ1) is 8.33. The predicted molar refractivity (Wildman–Crippen MR) is 72.5 cm³/mol. The van der Waals surface area contributed by atoms with Gasteiger partial charge in [0, 0.05) is 16.6 Å². The van der Waals surface area contributed by atoms with Crippen molar-refractivity contribution in [1.82, 2.24) is 4.72 Å². The standard InChI is InChI=1S/C11H15Cl2NO3S/c1-3-7(2)14-18(16,17)10-5-4-9(12)8(6-15)11(10)13/h4-5,7,14-15H,3,6H2,1-2H3. The highest BCUT2D eigenvalue weighted by Crippen LogP contribution is 2.31. The summed E-state index contributed by atoms with van der Waals surface area (Å²) in [4.78, 5) is -0.0714. The van der Waals surface area contributed by atoms with E-state index in [-0.39, 0.29) is 26.5 Å². The number of nitrogens with one attached hydrogen (secondary N) is 1. The van der Waals surface area contributed by atoms with E-state index in [4.69, 9.17) is 28.3 Å². The minimum atomic E-state index is -3.70. The van der Waals surface area contributed by atoms with Crippen LogP contribution in [0.2, 0.25) is 10.0 Å². The third kappa shape index (κ3) is 3.36. The monoisotopic (exact) mass is 311 g/mol. The maximum atomic E-state index is 12.1. The summed E-state index contributed by atoms with van der Waals surface area (Å²) in [6.45, 7) is 3.22. The lowest BCUT2D eigenvalue weighted by molar-refractivity contribution is 0.281. The minimum Gasteiger partial charge on any atom is -0.392 e. The van der Waals surface area contributed by atoms with Crippen molar-refractivity contribution in [3.63, 3.8) is 0 Å². The molecule has 18 heavy (non-hydrogen) atoms. The van der Waals surface area contributed by atoms with Gasteiger partial charge in [-0.25, -0.2) is 13.1 Å². The summed E-state index contributed by atoms with van der Waals surface area (Å²) in [7, 11) is -3.70. The van der Waals surface area contributed by atoms with Gasteiger partial charge in [0.05, 0.1) is 11.6 Å². The summed E-state index contributed by atoms with van der Waals surface area (Å²) in [6, 6.07) is 2.54. The number of hydrogen-bond acceptors (Lipinski definition) is 3. The van der Waals surface area contributed by atoms with E-state index in [0.717, 1.165) is 0 Å².